The Morgan fingerprint density at radius 2 is 2.06 bits per heavy atom. The third kappa shape index (κ3) is 5.04. The summed E-state index contributed by atoms with van der Waals surface area (Å²) in [4.78, 5) is 15.9. The third-order valence-electron chi connectivity index (χ3n) is 1.97. The molecule has 4 nitrogen and oxygen atoms in total. The van der Waals surface area contributed by atoms with Crippen molar-refractivity contribution in [3.63, 3.8) is 0 Å². The van der Waals surface area contributed by atoms with E-state index >= 15 is 0 Å². The molecule has 0 bridgehead atoms. The Balaban J connectivity index is 2.60. The average molecular weight is 256 g/mol. The van der Waals surface area contributed by atoms with Gasteiger partial charge >= 0.3 is 0 Å². The Morgan fingerprint density at radius 3 is 2.59 bits per heavy atom. The molecule has 0 radical (unpaired) electrons. The number of halogens is 1. The van der Waals surface area contributed by atoms with Gasteiger partial charge < -0.3 is 10.6 Å². The number of rotatable bonds is 3. The van der Waals surface area contributed by atoms with Crippen LogP contribution >= 0.6 is 11.6 Å². The summed E-state index contributed by atoms with van der Waals surface area (Å²) in [5, 5.41) is 6.29. The lowest BCUT2D eigenvalue weighted by Gasteiger charge is -2.23. The van der Waals surface area contributed by atoms with E-state index in [1.807, 2.05) is 20.8 Å². The molecular formula is C12H18ClN3O. The molecule has 94 valence electrons. The van der Waals surface area contributed by atoms with Crippen molar-refractivity contribution in [3.05, 3.63) is 23.4 Å². The van der Waals surface area contributed by atoms with Gasteiger partial charge in [0.25, 0.3) is 0 Å². The van der Waals surface area contributed by atoms with Gasteiger partial charge in [-0.2, -0.15) is 0 Å². The van der Waals surface area contributed by atoms with Gasteiger partial charge in [0.05, 0.1) is 0 Å². The van der Waals surface area contributed by atoms with E-state index in [2.05, 4.69) is 15.6 Å². The van der Waals surface area contributed by atoms with Crippen LogP contribution in [0.5, 0.6) is 0 Å². The molecule has 0 aliphatic carbocycles. The van der Waals surface area contributed by atoms with Crippen LogP contribution in [0.15, 0.2) is 18.2 Å². The molecule has 0 aromatic carbocycles. The van der Waals surface area contributed by atoms with Crippen LogP contribution in [0, 0.1) is 0 Å². The van der Waals surface area contributed by atoms with E-state index in [9.17, 15) is 4.79 Å². The van der Waals surface area contributed by atoms with Crippen molar-refractivity contribution in [2.75, 3.05) is 5.32 Å². The van der Waals surface area contributed by atoms with Crippen LogP contribution in [0.1, 0.15) is 27.7 Å². The fraction of sp³-hybridized carbons (Fsp3) is 0.500. The molecule has 0 fully saturated rings. The molecule has 1 aromatic heterocycles. The van der Waals surface area contributed by atoms with Crippen molar-refractivity contribution in [2.45, 2.75) is 39.3 Å². The van der Waals surface area contributed by atoms with Crippen molar-refractivity contribution in [1.82, 2.24) is 10.3 Å². The zero-order chi connectivity index (χ0) is 13.1. The molecule has 0 spiro atoms. The second kappa shape index (κ2) is 5.36. The minimum Gasteiger partial charge on any atom is -0.359 e. The molecule has 1 heterocycles. The van der Waals surface area contributed by atoms with Crippen molar-refractivity contribution in [3.8, 4) is 0 Å². The number of nitrogens with one attached hydrogen (secondary N) is 2. The van der Waals surface area contributed by atoms with Gasteiger partial charge in [0, 0.05) is 5.54 Å². The normalized spacial score (nSPS) is 13.0. The number of anilines is 1. The minimum atomic E-state index is -0.361. The van der Waals surface area contributed by atoms with Crippen LogP contribution in [0.2, 0.25) is 5.15 Å². The van der Waals surface area contributed by atoms with E-state index in [0.717, 1.165) is 0 Å². The molecule has 5 heteroatoms. The van der Waals surface area contributed by atoms with E-state index in [1.165, 1.54) is 0 Å². The number of aromatic nitrogens is 1. The highest BCUT2D eigenvalue weighted by Crippen LogP contribution is 2.10. The molecule has 1 amide bonds. The lowest BCUT2D eigenvalue weighted by atomic mass is 10.1. The summed E-state index contributed by atoms with van der Waals surface area (Å²) in [7, 11) is 0. The maximum atomic E-state index is 11.8. The molecule has 1 atom stereocenters. The Hall–Kier alpha value is -1.29. The molecule has 2 N–H and O–H groups in total. The van der Waals surface area contributed by atoms with E-state index < -0.39 is 0 Å². The minimum absolute atomic E-state index is 0.0701. The first-order chi connectivity index (χ1) is 7.78. The van der Waals surface area contributed by atoms with Gasteiger partial charge in [0.2, 0.25) is 5.91 Å². The maximum Gasteiger partial charge on any atom is 0.242 e. The first-order valence-electron chi connectivity index (χ1n) is 5.49. The van der Waals surface area contributed by atoms with Gasteiger partial charge in [-0.3, -0.25) is 4.79 Å². The van der Waals surface area contributed by atoms with Crippen molar-refractivity contribution < 1.29 is 4.79 Å². The molecule has 0 aliphatic heterocycles. The smallest absolute Gasteiger partial charge is 0.242 e. The van der Waals surface area contributed by atoms with E-state index in [-0.39, 0.29) is 17.5 Å². The molecule has 0 saturated carbocycles. The average Bonchev–Trinajstić information content (AvgIpc) is 2.14. The number of carbonyl (C=O) groups is 1. The van der Waals surface area contributed by atoms with Gasteiger partial charge in [-0.15, -0.1) is 0 Å². The summed E-state index contributed by atoms with van der Waals surface area (Å²) in [6.07, 6.45) is 0. The summed E-state index contributed by atoms with van der Waals surface area (Å²) >= 11 is 5.76. The van der Waals surface area contributed by atoms with E-state index in [1.54, 1.807) is 25.1 Å². The maximum absolute atomic E-state index is 11.8. The van der Waals surface area contributed by atoms with Crippen LogP contribution in [0.3, 0.4) is 0 Å². The van der Waals surface area contributed by atoms with Gasteiger partial charge in [-0.25, -0.2) is 4.98 Å². The summed E-state index contributed by atoms with van der Waals surface area (Å²) in [6.45, 7) is 7.60. The number of carbonyl (C=O) groups excluding carboxylic acids is 1. The lowest BCUT2D eigenvalue weighted by Crippen LogP contribution is -2.47. The largest absolute Gasteiger partial charge is 0.359 e. The second-order valence-corrected chi connectivity index (χ2v) is 5.34. The van der Waals surface area contributed by atoms with Crippen LogP contribution < -0.4 is 10.6 Å². The summed E-state index contributed by atoms with van der Waals surface area (Å²) in [5.41, 5.74) is -0.241. The molecule has 1 aromatic rings. The van der Waals surface area contributed by atoms with Crippen molar-refractivity contribution in [1.29, 1.82) is 0 Å². The Bertz CT molecular complexity index is 401. The first-order valence-corrected chi connectivity index (χ1v) is 5.87. The quantitative estimate of drug-likeness (QED) is 0.816. The molecular weight excluding hydrogens is 238 g/mol. The van der Waals surface area contributed by atoms with Crippen LogP contribution in [-0.2, 0) is 4.79 Å². The van der Waals surface area contributed by atoms with E-state index in [0.29, 0.717) is 11.0 Å². The second-order valence-electron chi connectivity index (χ2n) is 4.95. The molecule has 17 heavy (non-hydrogen) atoms. The van der Waals surface area contributed by atoms with Crippen LogP contribution in [-0.4, -0.2) is 22.5 Å². The fourth-order valence-corrected chi connectivity index (χ4v) is 1.42. The van der Waals surface area contributed by atoms with Gasteiger partial charge in [0.15, 0.2) is 0 Å². The lowest BCUT2D eigenvalue weighted by molar-refractivity contribution is -0.122. The predicted molar refractivity (Wildman–Crippen MR) is 70.2 cm³/mol. The highest BCUT2D eigenvalue weighted by molar-refractivity contribution is 6.29. The number of hydrogen-bond acceptors (Lipinski definition) is 3. The highest BCUT2D eigenvalue weighted by atomic mass is 35.5. The molecule has 1 unspecified atom stereocenters. The first kappa shape index (κ1) is 13.8. The molecule has 0 aliphatic rings. The molecule has 1 rings (SSSR count). The van der Waals surface area contributed by atoms with Crippen LogP contribution in [0.4, 0.5) is 5.82 Å². The fourth-order valence-electron chi connectivity index (χ4n) is 1.25. The Kier molecular flexibility index (Phi) is 4.34. The monoisotopic (exact) mass is 255 g/mol. The Labute approximate surface area is 107 Å². The number of hydrogen-bond donors (Lipinski definition) is 2. The van der Waals surface area contributed by atoms with E-state index in [4.69, 9.17) is 11.6 Å². The molecule has 0 saturated heterocycles. The summed E-state index contributed by atoms with van der Waals surface area (Å²) in [6, 6.07) is 4.88. The standard InChI is InChI=1S/C12H18ClN3O/c1-8(11(17)16-12(2,3)4)14-10-7-5-6-9(13)15-10/h5-8H,1-4H3,(H,14,15)(H,16,17). The van der Waals surface area contributed by atoms with Gasteiger partial charge in [-0.1, -0.05) is 17.7 Å². The zero-order valence-electron chi connectivity index (χ0n) is 10.5. The number of amides is 1. The topological polar surface area (TPSA) is 54.0 Å². The Morgan fingerprint density at radius 1 is 1.41 bits per heavy atom. The summed E-state index contributed by atoms with van der Waals surface area (Å²) in [5.74, 6) is 0.522. The van der Waals surface area contributed by atoms with Crippen LogP contribution in [0.25, 0.3) is 0 Å². The van der Waals surface area contributed by atoms with Gasteiger partial charge in [0.1, 0.15) is 17.0 Å². The van der Waals surface area contributed by atoms with Crippen molar-refractivity contribution in [2.24, 2.45) is 0 Å². The third-order valence-corrected chi connectivity index (χ3v) is 2.18. The number of pyridine rings is 1. The SMILES string of the molecule is CC(Nc1cccc(Cl)n1)C(=O)NC(C)(C)C. The highest BCUT2D eigenvalue weighted by Gasteiger charge is 2.19. The van der Waals surface area contributed by atoms with Crippen molar-refractivity contribution >= 4 is 23.3 Å². The predicted octanol–water partition coefficient (Wildman–Crippen LogP) is 2.45. The zero-order valence-corrected chi connectivity index (χ0v) is 11.3. The summed E-state index contributed by atoms with van der Waals surface area (Å²) < 4.78 is 0. The number of nitrogens with zero attached hydrogens (tertiary/aromatic N) is 1. The van der Waals surface area contributed by atoms with Gasteiger partial charge in [-0.05, 0) is 39.8 Å².